The highest BCUT2D eigenvalue weighted by Gasteiger charge is 2.36. The average Bonchev–Trinajstić information content (AvgIpc) is 3.54. The van der Waals surface area contributed by atoms with Crippen molar-refractivity contribution in [3.8, 4) is 33.5 Å². The van der Waals surface area contributed by atoms with Crippen molar-refractivity contribution in [3.63, 3.8) is 0 Å². The monoisotopic (exact) mass is 537 g/mol. The van der Waals surface area contributed by atoms with E-state index in [0.717, 1.165) is 38.8 Å². The molecule has 3 aromatic heterocycles. The van der Waals surface area contributed by atoms with Gasteiger partial charge < -0.3 is 0 Å². The summed E-state index contributed by atoms with van der Waals surface area (Å²) in [6.45, 7) is 4.71. The molecule has 9 rings (SSSR count). The maximum absolute atomic E-state index is 5.24. The first-order chi connectivity index (χ1) is 20.6. The Morgan fingerprint density at radius 1 is 0.571 bits per heavy atom. The van der Waals surface area contributed by atoms with Crippen molar-refractivity contribution in [3.05, 3.63) is 139 Å². The van der Waals surface area contributed by atoms with E-state index in [0.29, 0.717) is 0 Å². The number of aromatic nitrogens is 3. The highest BCUT2D eigenvalue weighted by molar-refractivity contribution is 6.11. The van der Waals surface area contributed by atoms with Gasteiger partial charge in [-0.3, -0.25) is 4.40 Å². The van der Waals surface area contributed by atoms with Gasteiger partial charge in [-0.25, -0.2) is 9.97 Å². The molecule has 0 bridgehead atoms. The van der Waals surface area contributed by atoms with Crippen LogP contribution in [0, 0.1) is 0 Å². The Hall–Kier alpha value is -5.28. The Morgan fingerprint density at radius 3 is 2.21 bits per heavy atom. The first kappa shape index (κ1) is 23.4. The molecule has 8 aromatic rings. The fraction of sp³-hybridized carbons (Fsp3) is 0.0769. The molecule has 3 nitrogen and oxygen atoms in total. The fourth-order valence-electron chi connectivity index (χ4n) is 7.18. The molecule has 0 radical (unpaired) electrons. The third-order valence-electron chi connectivity index (χ3n) is 9.18. The smallest absolute Gasteiger partial charge is 0.137 e. The molecule has 0 N–H and O–H groups in total. The lowest BCUT2D eigenvalue weighted by atomic mass is 9.80. The summed E-state index contributed by atoms with van der Waals surface area (Å²) >= 11 is 0. The molecule has 0 saturated carbocycles. The maximum atomic E-state index is 5.24. The Labute approximate surface area is 243 Å². The topological polar surface area (TPSA) is 30.2 Å². The first-order valence-corrected chi connectivity index (χ1v) is 14.5. The molecule has 0 atom stereocenters. The second-order valence-corrected chi connectivity index (χ2v) is 11.9. The van der Waals surface area contributed by atoms with E-state index in [1.54, 1.807) is 0 Å². The van der Waals surface area contributed by atoms with Gasteiger partial charge in [0.2, 0.25) is 0 Å². The number of pyridine rings is 2. The van der Waals surface area contributed by atoms with Gasteiger partial charge in [0.1, 0.15) is 11.2 Å². The first-order valence-electron chi connectivity index (χ1n) is 14.5. The zero-order valence-electron chi connectivity index (χ0n) is 23.5. The summed E-state index contributed by atoms with van der Waals surface area (Å²) in [6.07, 6.45) is 2.09. The molecule has 1 aliphatic carbocycles. The van der Waals surface area contributed by atoms with E-state index >= 15 is 0 Å². The summed E-state index contributed by atoms with van der Waals surface area (Å²) in [4.78, 5) is 10.3. The van der Waals surface area contributed by atoms with E-state index in [4.69, 9.17) is 9.97 Å². The average molecular weight is 538 g/mol. The zero-order chi connectivity index (χ0) is 28.0. The number of benzene rings is 5. The van der Waals surface area contributed by atoms with Crippen molar-refractivity contribution in [1.82, 2.24) is 14.4 Å². The zero-order valence-corrected chi connectivity index (χ0v) is 23.5. The minimum atomic E-state index is -0.0785. The van der Waals surface area contributed by atoms with Crippen molar-refractivity contribution >= 4 is 38.4 Å². The van der Waals surface area contributed by atoms with Gasteiger partial charge in [-0.05, 0) is 74.5 Å². The van der Waals surface area contributed by atoms with Gasteiger partial charge in [-0.15, -0.1) is 0 Å². The summed E-state index contributed by atoms with van der Waals surface area (Å²) in [5, 5.41) is 3.65. The van der Waals surface area contributed by atoms with Crippen LogP contribution in [-0.2, 0) is 5.41 Å². The predicted molar refractivity (Wildman–Crippen MR) is 174 cm³/mol. The summed E-state index contributed by atoms with van der Waals surface area (Å²) in [6, 6.07) is 43.6. The van der Waals surface area contributed by atoms with Gasteiger partial charge in [0.15, 0.2) is 0 Å². The molecule has 198 valence electrons. The standard InChI is InChI=1S/C39H27N3/c1-39(2)31-18-7-5-16-28(31)35-27-15-4-3-14-26(27)30(23-32(35)39)24-12-11-13-25(22-24)36-38-37(29-17-6-8-19-33(29)40-36)41-34-20-9-10-21-42(34)38/h3-23H,1-2H3. The van der Waals surface area contributed by atoms with Crippen LogP contribution in [0.4, 0.5) is 0 Å². The fourth-order valence-corrected chi connectivity index (χ4v) is 7.18. The quantitative estimate of drug-likeness (QED) is 0.220. The summed E-state index contributed by atoms with van der Waals surface area (Å²) in [7, 11) is 0. The molecule has 0 unspecified atom stereocenters. The lowest BCUT2D eigenvalue weighted by molar-refractivity contribution is 0.661. The van der Waals surface area contributed by atoms with Crippen molar-refractivity contribution < 1.29 is 0 Å². The lowest BCUT2D eigenvalue weighted by Gasteiger charge is -2.23. The number of hydrogen-bond donors (Lipinski definition) is 0. The predicted octanol–water partition coefficient (Wildman–Crippen LogP) is 9.83. The van der Waals surface area contributed by atoms with Crippen LogP contribution in [0.1, 0.15) is 25.0 Å². The maximum Gasteiger partial charge on any atom is 0.137 e. The number of imidazole rings is 1. The van der Waals surface area contributed by atoms with Gasteiger partial charge in [-0.2, -0.15) is 0 Å². The van der Waals surface area contributed by atoms with E-state index in [-0.39, 0.29) is 5.41 Å². The van der Waals surface area contributed by atoms with E-state index in [9.17, 15) is 0 Å². The van der Waals surface area contributed by atoms with Crippen molar-refractivity contribution in [2.24, 2.45) is 0 Å². The van der Waals surface area contributed by atoms with E-state index in [2.05, 4.69) is 134 Å². The van der Waals surface area contributed by atoms with Gasteiger partial charge in [0.25, 0.3) is 0 Å². The number of nitrogens with zero attached hydrogens (tertiary/aromatic N) is 3. The molecule has 42 heavy (non-hydrogen) atoms. The normalized spacial score (nSPS) is 13.7. The molecular weight excluding hydrogens is 510 g/mol. The third-order valence-corrected chi connectivity index (χ3v) is 9.18. The van der Waals surface area contributed by atoms with E-state index in [1.165, 1.54) is 44.2 Å². The minimum Gasteiger partial charge on any atom is -0.298 e. The summed E-state index contributed by atoms with van der Waals surface area (Å²) in [5.74, 6) is 0. The summed E-state index contributed by atoms with van der Waals surface area (Å²) < 4.78 is 2.17. The van der Waals surface area contributed by atoms with Crippen molar-refractivity contribution in [2.45, 2.75) is 19.3 Å². The van der Waals surface area contributed by atoms with Crippen LogP contribution in [0.25, 0.3) is 71.9 Å². The minimum absolute atomic E-state index is 0.0785. The highest BCUT2D eigenvalue weighted by atomic mass is 15.0. The van der Waals surface area contributed by atoms with Gasteiger partial charge >= 0.3 is 0 Å². The van der Waals surface area contributed by atoms with Gasteiger partial charge in [0.05, 0.1) is 16.7 Å². The molecule has 0 aliphatic heterocycles. The Kier molecular flexibility index (Phi) is 4.67. The van der Waals surface area contributed by atoms with Crippen LogP contribution in [0.3, 0.4) is 0 Å². The molecule has 0 saturated heterocycles. The second kappa shape index (κ2) is 8.37. The Morgan fingerprint density at radius 2 is 1.31 bits per heavy atom. The second-order valence-electron chi connectivity index (χ2n) is 11.9. The SMILES string of the molecule is CC1(C)c2ccccc2-c2c1cc(-c1cccc(-c3nc4ccccc4c4nc5ccccn5c34)c1)c1ccccc21. The van der Waals surface area contributed by atoms with Crippen LogP contribution < -0.4 is 0 Å². The van der Waals surface area contributed by atoms with Crippen molar-refractivity contribution in [1.29, 1.82) is 0 Å². The largest absolute Gasteiger partial charge is 0.298 e. The highest BCUT2D eigenvalue weighted by Crippen LogP contribution is 2.53. The van der Waals surface area contributed by atoms with Crippen LogP contribution >= 0.6 is 0 Å². The number of rotatable bonds is 2. The number of para-hydroxylation sites is 1. The van der Waals surface area contributed by atoms with Crippen molar-refractivity contribution in [2.75, 3.05) is 0 Å². The molecule has 3 heterocycles. The molecular formula is C39H27N3. The van der Waals surface area contributed by atoms with Gasteiger partial charge in [-0.1, -0.05) is 105 Å². The molecule has 0 amide bonds. The van der Waals surface area contributed by atoms with Crippen LogP contribution in [0.2, 0.25) is 0 Å². The number of fused-ring (bicyclic) bond motifs is 10. The molecule has 1 aliphatic rings. The lowest BCUT2D eigenvalue weighted by Crippen LogP contribution is -2.15. The van der Waals surface area contributed by atoms with E-state index in [1.807, 2.05) is 12.1 Å². The molecule has 3 heteroatoms. The number of hydrogen-bond acceptors (Lipinski definition) is 2. The van der Waals surface area contributed by atoms with Gasteiger partial charge in [0, 0.05) is 22.6 Å². The Balaban J connectivity index is 1.33. The van der Waals surface area contributed by atoms with Crippen LogP contribution in [0.5, 0.6) is 0 Å². The van der Waals surface area contributed by atoms with Crippen LogP contribution in [0.15, 0.2) is 128 Å². The molecule has 0 spiro atoms. The molecule has 0 fully saturated rings. The Bertz CT molecular complexity index is 2390. The summed E-state index contributed by atoms with van der Waals surface area (Å²) in [5.41, 5.74) is 13.8. The van der Waals surface area contributed by atoms with Crippen LogP contribution in [-0.4, -0.2) is 14.4 Å². The van der Waals surface area contributed by atoms with E-state index < -0.39 is 0 Å². The third kappa shape index (κ3) is 3.11. The molecule has 5 aromatic carbocycles.